The molecule has 1 unspecified atom stereocenters. The van der Waals surface area contributed by atoms with Crippen LogP contribution in [0.5, 0.6) is 0 Å². The predicted octanol–water partition coefficient (Wildman–Crippen LogP) is 3.23. The van der Waals surface area contributed by atoms with Gasteiger partial charge in [0.25, 0.3) is 5.92 Å². The summed E-state index contributed by atoms with van der Waals surface area (Å²) in [6.07, 6.45) is 4.18. The first kappa shape index (κ1) is 13.4. The molecular formula is C12H22F2N2. The molecular weight excluding hydrogens is 210 g/mol. The van der Waals surface area contributed by atoms with Crippen molar-refractivity contribution in [2.75, 3.05) is 13.1 Å². The van der Waals surface area contributed by atoms with Crippen LogP contribution >= 0.6 is 0 Å². The van der Waals surface area contributed by atoms with Crippen LogP contribution in [0.25, 0.3) is 0 Å². The molecule has 0 saturated heterocycles. The molecule has 0 aromatic carbocycles. The number of unbranched alkanes of at least 4 members (excludes halogenated alkanes) is 1. The van der Waals surface area contributed by atoms with Crippen LogP contribution in [0, 0.1) is 5.41 Å². The van der Waals surface area contributed by atoms with Gasteiger partial charge in [0.2, 0.25) is 0 Å². The number of aliphatic imine (C=N–C) groups is 1. The zero-order valence-corrected chi connectivity index (χ0v) is 10.4. The summed E-state index contributed by atoms with van der Waals surface area (Å²) in [6.45, 7) is 5.70. The highest BCUT2D eigenvalue weighted by molar-refractivity contribution is 5.88. The monoisotopic (exact) mass is 232 g/mol. The van der Waals surface area contributed by atoms with Gasteiger partial charge in [-0.3, -0.25) is 4.99 Å². The lowest BCUT2D eigenvalue weighted by Gasteiger charge is -2.34. The highest BCUT2D eigenvalue weighted by Gasteiger charge is 2.37. The molecule has 0 aliphatic carbocycles. The molecule has 0 aromatic rings. The Labute approximate surface area is 96.5 Å². The maximum Gasteiger partial charge on any atom is 0.284 e. The molecule has 0 aromatic heterocycles. The Kier molecular flexibility index (Phi) is 4.28. The molecule has 16 heavy (non-hydrogen) atoms. The van der Waals surface area contributed by atoms with Gasteiger partial charge in [0.05, 0.1) is 6.54 Å². The second-order valence-electron chi connectivity index (χ2n) is 4.89. The van der Waals surface area contributed by atoms with Crippen LogP contribution in [-0.4, -0.2) is 24.8 Å². The van der Waals surface area contributed by atoms with Crippen molar-refractivity contribution in [3.05, 3.63) is 0 Å². The van der Waals surface area contributed by atoms with E-state index in [9.17, 15) is 8.78 Å². The van der Waals surface area contributed by atoms with Crippen molar-refractivity contribution in [2.24, 2.45) is 10.4 Å². The van der Waals surface area contributed by atoms with Gasteiger partial charge in [-0.05, 0) is 12.8 Å². The molecule has 2 nitrogen and oxygen atoms in total. The van der Waals surface area contributed by atoms with E-state index in [1.54, 1.807) is 0 Å². The van der Waals surface area contributed by atoms with E-state index in [1.165, 1.54) is 0 Å². The van der Waals surface area contributed by atoms with Crippen LogP contribution in [0.2, 0.25) is 0 Å². The van der Waals surface area contributed by atoms with Crippen LogP contribution < -0.4 is 5.32 Å². The van der Waals surface area contributed by atoms with Crippen molar-refractivity contribution < 1.29 is 8.78 Å². The van der Waals surface area contributed by atoms with Gasteiger partial charge in [-0.25, -0.2) is 8.78 Å². The Bertz CT molecular complexity index is 264. The summed E-state index contributed by atoms with van der Waals surface area (Å²) in [7, 11) is 0. The van der Waals surface area contributed by atoms with Gasteiger partial charge in [0.15, 0.2) is 0 Å². The van der Waals surface area contributed by atoms with Gasteiger partial charge in [-0.2, -0.15) is 0 Å². The normalized spacial score (nSPS) is 23.2. The van der Waals surface area contributed by atoms with E-state index in [0.29, 0.717) is 0 Å². The van der Waals surface area contributed by atoms with Crippen molar-refractivity contribution in [1.29, 1.82) is 0 Å². The van der Waals surface area contributed by atoms with Crippen molar-refractivity contribution in [3.63, 3.8) is 0 Å². The minimum atomic E-state index is -2.68. The lowest BCUT2D eigenvalue weighted by Crippen LogP contribution is -2.49. The molecule has 1 heterocycles. The number of amidine groups is 1. The maximum absolute atomic E-state index is 13.0. The molecule has 94 valence electrons. The fourth-order valence-electron chi connectivity index (χ4n) is 1.95. The van der Waals surface area contributed by atoms with E-state index in [0.717, 1.165) is 31.5 Å². The average Bonchev–Trinajstić information content (AvgIpc) is 2.26. The summed E-state index contributed by atoms with van der Waals surface area (Å²) >= 11 is 0. The number of rotatable bonds is 5. The van der Waals surface area contributed by atoms with E-state index in [4.69, 9.17) is 0 Å². The predicted molar refractivity (Wildman–Crippen MR) is 63.2 cm³/mol. The third kappa shape index (κ3) is 3.16. The number of alkyl halides is 2. The third-order valence-corrected chi connectivity index (χ3v) is 3.42. The molecule has 1 rings (SSSR count). The molecule has 4 heteroatoms. The average molecular weight is 232 g/mol. The molecule has 0 bridgehead atoms. The maximum atomic E-state index is 13.0. The Balaban J connectivity index is 2.70. The third-order valence-electron chi connectivity index (χ3n) is 3.42. The van der Waals surface area contributed by atoms with Crippen LogP contribution in [-0.2, 0) is 0 Å². The zero-order valence-electron chi connectivity index (χ0n) is 10.4. The number of nitrogens with zero attached hydrogens (tertiary/aromatic N) is 1. The second kappa shape index (κ2) is 5.11. The SMILES string of the molecule is CCCCC(C)(CC)C1=NCC(F)(F)CN1. The second-order valence-corrected chi connectivity index (χ2v) is 4.89. The summed E-state index contributed by atoms with van der Waals surface area (Å²) in [5, 5.41) is 2.81. The van der Waals surface area contributed by atoms with Crippen LogP contribution in [0.15, 0.2) is 4.99 Å². The van der Waals surface area contributed by atoms with E-state index in [1.807, 2.05) is 0 Å². The highest BCUT2D eigenvalue weighted by Crippen LogP contribution is 2.31. The molecule has 1 N–H and O–H groups in total. The Morgan fingerprint density at radius 1 is 1.44 bits per heavy atom. The quantitative estimate of drug-likeness (QED) is 0.773. The molecule has 0 radical (unpaired) electrons. The van der Waals surface area contributed by atoms with Gasteiger partial charge in [-0.15, -0.1) is 0 Å². The van der Waals surface area contributed by atoms with Crippen LogP contribution in [0.4, 0.5) is 8.78 Å². The summed E-state index contributed by atoms with van der Waals surface area (Å²) in [5.74, 6) is -1.91. The highest BCUT2D eigenvalue weighted by atomic mass is 19.3. The van der Waals surface area contributed by atoms with Gasteiger partial charge >= 0.3 is 0 Å². The lowest BCUT2D eigenvalue weighted by molar-refractivity contribution is 0.0110. The largest absolute Gasteiger partial charge is 0.367 e. The summed E-state index contributed by atoms with van der Waals surface area (Å²) in [4.78, 5) is 4.03. The van der Waals surface area contributed by atoms with E-state index >= 15 is 0 Å². The summed E-state index contributed by atoms with van der Waals surface area (Å²) < 4.78 is 25.9. The lowest BCUT2D eigenvalue weighted by atomic mass is 9.80. The minimum absolute atomic E-state index is 0.0630. The topological polar surface area (TPSA) is 24.4 Å². The van der Waals surface area contributed by atoms with Crippen molar-refractivity contribution >= 4 is 5.84 Å². The van der Waals surface area contributed by atoms with Crippen molar-refractivity contribution in [3.8, 4) is 0 Å². The zero-order chi connectivity index (χ0) is 12.2. The Hall–Kier alpha value is -0.670. The Morgan fingerprint density at radius 3 is 2.56 bits per heavy atom. The van der Waals surface area contributed by atoms with E-state index < -0.39 is 5.92 Å². The summed E-state index contributed by atoms with van der Waals surface area (Å²) in [6, 6.07) is 0. The van der Waals surface area contributed by atoms with E-state index in [2.05, 4.69) is 31.1 Å². The minimum Gasteiger partial charge on any atom is -0.367 e. The van der Waals surface area contributed by atoms with Gasteiger partial charge in [0.1, 0.15) is 12.4 Å². The number of halogens is 2. The van der Waals surface area contributed by atoms with Crippen molar-refractivity contribution in [1.82, 2.24) is 5.32 Å². The van der Waals surface area contributed by atoms with Gasteiger partial charge in [0, 0.05) is 5.41 Å². The smallest absolute Gasteiger partial charge is 0.284 e. The standard InChI is InChI=1S/C12H22F2N2/c1-4-6-7-11(3,5-2)10-15-8-12(13,14)9-16-10/h4-9H2,1-3H3,(H,15,16). The molecule has 1 atom stereocenters. The first-order valence-corrected chi connectivity index (χ1v) is 6.10. The number of hydrogen-bond donors (Lipinski definition) is 1. The van der Waals surface area contributed by atoms with Gasteiger partial charge < -0.3 is 5.32 Å². The fraction of sp³-hybridized carbons (Fsp3) is 0.917. The molecule has 0 fully saturated rings. The summed E-state index contributed by atoms with van der Waals surface area (Å²) in [5.41, 5.74) is -0.0630. The van der Waals surface area contributed by atoms with Gasteiger partial charge in [-0.1, -0.05) is 33.6 Å². The van der Waals surface area contributed by atoms with Crippen LogP contribution in [0.1, 0.15) is 46.5 Å². The first-order chi connectivity index (χ1) is 7.43. The molecule has 0 spiro atoms. The number of nitrogens with one attached hydrogen (secondary N) is 1. The molecule has 0 amide bonds. The Morgan fingerprint density at radius 2 is 2.12 bits per heavy atom. The molecule has 1 aliphatic heterocycles. The molecule has 0 saturated carbocycles. The fourth-order valence-corrected chi connectivity index (χ4v) is 1.95. The number of hydrogen-bond acceptors (Lipinski definition) is 2. The van der Waals surface area contributed by atoms with Crippen molar-refractivity contribution in [2.45, 2.75) is 52.4 Å². The first-order valence-electron chi connectivity index (χ1n) is 6.10. The van der Waals surface area contributed by atoms with E-state index in [-0.39, 0.29) is 18.5 Å². The molecule has 1 aliphatic rings. The van der Waals surface area contributed by atoms with Crippen LogP contribution in [0.3, 0.4) is 0 Å².